The van der Waals surface area contributed by atoms with Crippen LogP contribution in [0.2, 0.25) is 0 Å². The topological polar surface area (TPSA) is 71.1 Å². The van der Waals surface area contributed by atoms with Crippen molar-refractivity contribution in [1.82, 2.24) is 0 Å². The number of hydrogen-bond donors (Lipinski definition) is 0. The van der Waals surface area contributed by atoms with Gasteiger partial charge in [-0.15, -0.1) is 0 Å². The van der Waals surface area contributed by atoms with Crippen molar-refractivity contribution in [3.8, 4) is 22.6 Å². The summed E-state index contributed by atoms with van der Waals surface area (Å²) in [7, 11) is 0. The van der Waals surface area contributed by atoms with Crippen LogP contribution in [0.5, 0.6) is 11.5 Å². The summed E-state index contributed by atoms with van der Waals surface area (Å²) < 4.78 is 62.0. The van der Waals surface area contributed by atoms with Crippen LogP contribution in [0, 0.1) is 0 Å². The molecule has 3 rings (SSSR count). The van der Waals surface area contributed by atoms with Crippen LogP contribution in [-0.4, -0.2) is 44.0 Å². The van der Waals surface area contributed by atoms with Gasteiger partial charge in [-0.1, -0.05) is 83.1 Å². The van der Waals surface area contributed by atoms with E-state index < -0.39 is 24.2 Å². The van der Waals surface area contributed by atoms with Crippen molar-refractivity contribution in [1.29, 1.82) is 0 Å². The molecule has 0 bridgehead atoms. The number of carbonyl (C=O) groups excluding carboxylic acids is 2. The van der Waals surface area contributed by atoms with Gasteiger partial charge in [0, 0.05) is 13.2 Å². The summed E-state index contributed by atoms with van der Waals surface area (Å²) in [6.45, 7) is 5.90. The summed E-state index contributed by atoms with van der Waals surface area (Å²) in [4.78, 5) is 25.2. The second-order valence-corrected chi connectivity index (χ2v) is 11.9. The molecule has 0 heterocycles. The van der Waals surface area contributed by atoms with Gasteiger partial charge in [0.1, 0.15) is 11.5 Å². The lowest BCUT2D eigenvalue weighted by molar-refractivity contribution is -0.206. The number of ether oxygens (including phenoxy) is 4. The van der Waals surface area contributed by atoms with Crippen molar-refractivity contribution in [2.75, 3.05) is 19.8 Å². The van der Waals surface area contributed by atoms with E-state index in [9.17, 15) is 22.8 Å². The molecule has 0 aliphatic heterocycles. The molecule has 3 aromatic rings. The zero-order valence-electron chi connectivity index (χ0n) is 28.2. The van der Waals surface area contributed by atoms with E-state index >= 15 is 0 Å². The van der Waals surface area contributed by atoms with E-state index in [4.69, 9.17) is 18.9 Å². The number of carbonyl (C=O) groups is 2. The number of unbranched alkanes of at least 4 members (excludes halogenated alkanes) is 8. The Kier molecular flexibility index (Phi) is 17.0. The minimum absolute atomic E-state index is 0.0782. The summed E-state index contributed by atoms with van der Waals surface area (Å²) in [5.41, 5.74) is 2.14. The van der Waals surface area contributed by atoms with Crippen molar-refractivity contribution < 1.29 is 41.7 Å². The van der Waals surface area contributed by atoms with Crippen LogP contribution in [0.25, 0.3) is 11.1 Å². The average molecular weight is 671 g/mol. The first-order valence-corrected chi connectivity index (χ1v) is 17.2. The summed E-state index contributed by atoms with van der Waals surface area (Å²) in [6, 6.07) is 20.0. The summed E-state index contributed by atoms with van der Waals surface area (Å²) in [6.07, 6.45) is 3.92. The minimum Gasteiger partial charge on any atom is -0.494 e. The average Bonchev–Trinajstić information content (AvgIpc) is 3.08. The Balaban J connectivity index is 1.44. The third-order valence-corrected chi connectivity index (χ3v) is 7.89. The maximum absolute atomic E-state index is 13.5. The molecule has 9 heteroatoms. The molecule has 0 fully saturated rings. The van der Waals surface area contributed by atoms with Gasteiger partial charge in [0.15, 0.2) is 6.10 Å². The van der Waals surface area contributed by atoms with Crippen LogP contribution >= 0.6 is 0 Å². The van der Waals surface area contributed by atoms with Crippen molar-refractivity contribution in [2.45, 2.75) is 103 Å². The Morgan fingerprint density at radius 1 is 0.583 bits per heavy atom. The Hall–Kier alpha value is -3.85. The Labute approximate surface area is 282 Å². The quantitative estimate of drug-likeness (QED) is 0.0602. The molecular weight excluding hydrogens is 621 g/mol. The summed E-state index contributed by atoms with van der Waals surface area (Å²) in [5.74, 6) is -0.744. The highest BCUT2D eigenvalue weighted by Crippen LogP contribution is 2.28. The molecule has 1 unspecified atom stereocenters. The van der Waals surface area contributed by atoms with E-state index in [-0.39, 0.29) is 24.2 Å². The van der Waals surface area contributed by atoms with E-state index in [0.717, 1.165) is 36.1 Å². The van der Waals surface area contributed by atoms with Crippen molar-refractivity contribution in [3.63, 3.8) is 0 Å². The number of esters is 2. The Bertz CT molecular complexity index is 1340. The molecular formula is C39H49F3O6. The second-order valence-electron chi connectivity index (χ2n) is 11.9. The smallest absolute Gasteiger partial charge is 0.425 e. The standard InChI is InChI=1S/C39H49F3O6/c1-3-5-7-8-9-10-12-29-46-34-23-19-31(20-24-34)30-15-17-32(18-16-30)37(43)47-35-25-21-33(22-26-35)38(44)48-36(39(40,41)42)14-11-13-28-45-27-6-4-2/h15-26,36H,3-14,27-29H2,1-2H3. The molecule has 0 aliphatic rings. The maximum atomic E-state index is 13.5. The first kappa shape index (κ1) is 38.6. The highest BCUT2D eigenvalue weighted by molar-refractivity contribution is 5.92. The van der Waals surface area contributed by atoms with E-state index in [0.29, 0.717) is 31.8 Å². The zero-order chi connectivity index (χ0) is 34.6. The lowest BCUT2D eigenvalue weighted by Gasteiger charge is -2.20. The molecule has 1 atom stereocenters. The van der Waals surface area contributed by atoms with E-state index in [1.54, 1.807) is 12.1 Å². The minimum atomic E-state index is -4.69. The number of alkyl halides is 3. The number of benzene rings is 3. The molecule has 0 radical (unpaired) electrons. The van der Waals surface area contributed by atoms with Crippen LogP contribution in [0.4, 0.5) is 13.2 Å². The molecule has 0 saturated carbocycles. The highest BCUT2D eigenvalue weighted by atomic mass is 19.4. The fraction of sp³-hybridized carbons (Fsp3) is 0.487. The zero-order valence-corrected chi connectivity index (χ0v) is 28.2. The molecule has 0 amide bonds. The van der Waals surface area contributed by atoms with Crippen LogP contribution in [0.3, 0.4) is 0 Å². The molecule has 0 saturated heterocycles. The van der Waals surface area contributed by atoms with Gasteiger partial charge in [0.05, 0.1) is 17.7 Å². The first-order valence-electron chi connectivity index (χ1n) is 17.2. The fourth-order valence-corrected chi connectivity index (χ4v) is 4.99. The lowest BCUT2D eigenvalue weighted by atomic mass is 10.0. The van der Waals surface area contributed by atoms with Gasteiger partial charge in [0.25, 0.3) is 0 Å². The number of hydrogen-bond acceptors (Lipinski definition) is 6. The number of rotatable bonds is 22. The predicted octanol–water partition coefficient (Wildman–Crippen LogP) is 10.8. The molecule has 3 aromatic carbocycles. The van der Waals surface area contributed by atoms with Gasteiger partial charge in [-0.2, -0.15) is 13.2 Å². The van der Waals surface area contributed by atoms with Crippen molar-refractivity contribution in [2.24, 2.45) is 0 Å². The molecule has 262 valence electrons. The fourth-order valence-electron chi connectivity index (χ4n) is 4.99. The van der Waals surface area contributed by atoms with Gasteiger partial charge in [-0.05, 0) is 91.8 Å². The van der Waals surface area contributed by atoms with Crippen molar-refractivity contribution in [3.05, 3.63) is 83.9 Å². The van der Waals surface area contributed by atoms with Gasteiger partial charge in [0.2, 0.25) is 0 Å². The molecule has 0 aliphatic carbocycles. The van der Waals surface area contributed by atoms with E-state index in [1.165, 1.54) is 62.8 Å². The summed E-state index contributed by atoms with van der Waals surface area (Å²) >= 11 is 0. The van der Waals surface area contributed by atoms with E-state index in [1.807, 2.05) is 43.3 Å². The van der Waals surface area contributed by atoms with E-state index in [2.05, 4.69) is 6.92 Å². The molecule has 0 N–H and O–H groups in total. The van der Waals surface area contributed by atoms with Crippen LogP contribution in [0.15, 0.2) is 72.8 Å². The van der Waals surface area contributed by atoms with Crippen LogP contribution in [0.1, 0.15) is 112 Å². The first-order chi connectivity index (χ1) is 23.2. The summed E-state index contributed by atoms with van der Waals surface area (Å²) in [5, 5.41) is 0. The normalized spacial score (nSPS) is 12.0. The van der Waals surface area contributed by atoms with Crippen LogP contribution in [-0.2, 0) is 9.47 Å². The van der Waals surface area contributed by atoms with Gasteiger partial charge in [-0.3, -0.25) is 0 Å². The highest BCUT2D eigenvalue weighted by Gasteiger charge is 2.42. The van der Waals surface area contributed by atoms with Crippen LogP contribution < -0.4 is 9.47 Å². The predicted molar refractivity (Wildman–Crippen MR) is 182 cm³/mol. The largest absolute Gasteiger partial charge is 0.494 e. The molecule has 0 spiro atoms. The van der Waals surface area contributed by atoms with Gasteiger partial charge >= 0.3 is 18.1 Å². The maximum Gasteiger partial charge on any atom is 0.425 e. The Morgan fingerprint density at radius 2 is 1.08 bits per heavy atom. The third-order valence-electron chi connectivity index (χ3n) is 7.89. The molecule has 6 nitrogen and oxygen atoms in total. The number of halogens is 3. The van der Waals surface area contributed by atoms with Crippen molar-refractivity contribution >= 4 is 11.9 Å². The SMILES string of the molecule is CCCCCCCCCOc1ccc(-c2ccc(C(=O)Oc3ccc(C(=O)OC(CCCCOCCCC)C(F)(F)F)cc3)cc2)cc1. The van der Waals surface area contributed by atoms with Gasteiger partial charge in [-0.25, -0.2) is 9.59 Å². The third kappa shape index (κ3) is 14.1. The molecule has 48 heavy (non-hydrogen) atoms. The van der Waals surface area contributed by atoms with Gasteiger partial charge < -0.3 is 18.9 Å². The monoisotopic (exact) mass is 670 g/mol. The lowest BCUT2D eigenvalue weighted by Crippen LogP contribution is -2.34. The second kappa shape index (κ2) is 21.2. The molecule has 0 aromatic heterocycles. The Morgan fingerprint density at radius 3 is 1.71 bits per heavy atom.